The van der Waals surface area contributed by atoms with Crippen molar-refractivity contribution in [1.29, 1.82) is 0 Å². The largest absolute Gasteiger partial charge is 0.433 e. The molecule has 0 N–H and O–H groups in total. The Labute approximate surface area is 208 Å². The van der Waals surface area contributed by atoms with Gasteiger partial charge in [0.2, 0.25) is 0 Å². The number of fused-ring (bicyclic) bond motifs is 1. The minimum absolute atomic E-state index is 0.0405. The summed E-state index contributed by atoms with van der Waals surface area (Å²) in [5.74, 6) is -0.438. The van der Waals surface area contributed by atoms with Crippen LogP contribution >= 0.6 is 23.2 Å². The molecule has 0 bridgehead atoms. The smallest absolute Gasteiger partial charge is 0.368 e. The lowest BCUT2D eigenvalue weighted by Crippen LogP contribution is -2.48. The number of piperazine rings is 1. The molecule has 1 saturated heterocycles. The fraction of sp³-hybridized carbons (Fsp3) is 0.208. The van der Waals surface area contributed by atoms with Crippen molar-refractivity contribution < 1.29 is 18.0 Å². The van der Waals surface area contributed by atoms with Gasteiger partial charge in [-0.2, -0.15) is 18.3 Å². The molecule has 1 fully saturated rings. The highest BCUT2D eigenvalue weighted by atomic mass is 35.5. The van der Waals surface area contributed by atoms with Gasteiger partial charge in [-0.1, -0.05) is 47.5 Å². The molecule has 0 aliphatic carbocycles. The number of carbonyl (C=O) groups excluding carboxylic acids is 1. The van der Waals surface area contributed by atoms with Crippen LogP contribution in [0, 0.1) is 0 Å². The molecule has 6 nitrogen and oxygen atoms in total. The molecule has 1 amide bonds. The van der Waals surface area contributed by atoms with E-state index in [0.29, 0.717) is 36.3 Å². The summed E-state index contributed by atoms with van der Waals surface area (Å²) in [5, 5.41) is 4.45. The lowest BCUT2D eigenvalue weighted by atomic mass is 10.1. The number of amides is 1. The maximum Gasteiger partial charge on any atom is 0.433 e. The van der Waals surface area contributed by atoms with Crippen molar-refractivity contribution in [3.05, 3.63) is 82.1 Å². The van der Waals surface area contributed by atoms with E-state index in [1.54, 1.807) is 4.90 Å². The zero-order chi connectivity index (χ0) is 24.7. The number of benzene rings is 2. The molecule has 4 aromatic rings. The van der Waals surface area contributed by atoms with Crippen LogP contribution in [0.5, 0.6) is 0 Å². The molecule has 35 heavy (non-hydrogen) atoms. The number of carbonyl (C=O) groups is 1. The lowest BCUT2D eigenvalue weighted by Gasteiger charge is -2.35. The van der Waals surface area contributed by atoms with E-state index in [9.17, 15) is 18.0 Å². The number of alkyl halides is 3. The minimum atomic E-state index is -4.72. The topological polar surface area (TPSA) is 53.7 Å². The van der Waals surface area contributed by atoms with Crippen molar-refractivity contribution in [2.45, 2.75) is 6.18 Å². The number of hydrogen-bond donors (Lipinski definition) is 0. The van der Waals surface area contributed by atoms with Crippen LogP contribution in [-0.2, 0) is 6.18 Å². The Morgan fingerprint density at radius 1 is 0.886 bits per heavy atom. The molecule has 1 aliphatic heterocycles. The molecule has 2 aromatic carbocycles. The maximum atomic E-state index is 13.9. The Kier molecular flexibility index (Phi) is 6.06. The Hall–Kier alpha value is -3.30. The van der Waals surface area contributed by atoms with Gasteiger partial charge in [-0.25, -0.2) is 9.50 Å². The summed E-state index contributed by atoms with van der Waals surface area (Å²) in [6.45, 7) is 2.07. The first-order valence-electron chi connectivity index (χ1n) is 10.7. The Morgan fingerprint density at radius 3 is 2.26 bits per heavy atom. The van der Waals surface area contributed by atoms with Crippen molar-refractivity contribution >= 4 is 40.4 Å². The molecule has 0 radical (unpaired) electrons. The van der Waals surface area contributed by atoms with Gasteiger partial charge in [-0.3, -0.25) is 4.79 Å². The van der Waals surface area contributed by atoms with Gasteiger partial charge in [0.05, 0.1) is 15.7 Å². The second kappa shape index (κ2) is 9.05. The predicted octanol–water partition coefficient (Wildman–Crippen LogP) is 5.68. The molecule has 5 rings (SSSR count). The second-order valence-electron chi connectivity index (χ2n) is 8.07. The molecule has 0 spiro atoms. The van der Waals surface area contributed by atoms with Gasteiger partial charge in [0.1, 0.15) is 0 Å². The summed E-state index contributed by atoms with van der Waals surface area (Å²) >= 11 is 12.0. The van der Waals surface area contributed by atoms with Crippen molar-refractivity contribution in [2.75, 3.05) is 31.1 Å². The van der Waals surface area contributed by atoms with Crippen LogP contribution in [0.25, 0.3) is 16.9 Å². The summed E-state index contributed by atoms with van der Waals surface area (Å²) in [7, 11) is 0. The van der Waals surface area contributed by atoms with Crippen LogP contribution in [0.1, 0.15) is 16.2 Å². The first-order valence-corrected chi connectivity index (χ1v) is 11.5. The fourth-order valence-corrected chi connectivity index (χ4v) is 4.35. The average Bonchev–Trinajstić information content (AvgIpc) is 3.29. The van der Waals surface area contributed by atoms with Crippen LogP contribution in [0.3, 0.4) is 0 Å². The predicted molar refractivity (Wildman–Crippen MR) is 128 cm³/mol. The number of rotatable bonds is 3. The number of anilines is 1. The number of hydrogen-bond acceptors (Lipinski definition) is 4. The third kappa shape index (κ3) is 4.66. The van der Waals surface area contributed by atoms with Crippen LogP contribution in [0.4, 0.5) is 18.9 Å². The van der Waals surface area contributed by atoms with Gasteiger partial charge in [-0.15, -0.1) is 0 Å². The van der Waals surface area contributed by atoms with Crippen molar-refractivity contribution in [2.24, 2.45) is 0 Å². The van der Waals surface area contributed by atoms with E-state index >= 15 is 0 Å². The Morgan fingerprint density at radius 2 is 1.60 bits per heavy atom. The molecule has 1 aliphatic rings. The van der Waals surface area contributed by atoms with E-state index in [2.05, 4.69) is 15.0 Å². The molecule has 0 unspecified atom stereocenters. The fourth-order valence-electron chi connectivity index (χ4n) is 4.05. The molecule has 0 atom stereocenters. The SMILES string of the molecule is O=C(c1cc2nc(-c3ccc(Cl)c(Cl)c3)cc(C(F)(F)F)n2n1)N1CCN(c2ccccc2)CC1. The van der Waals surface area contributed by atoms with Crippen LogP contribution < -0.4 is 4.90 Å². The van der Waals surface area contributed by atoms with Gasteiger partial charge < -0.3 is 9.80 Å². The van der Waals surface area contributed by atoms with Gasteiger partial charge in [0.25, 0.3) is 5.91 Å². The lowest BCUT2D eigenvalue weighted by molar-refractivity contribution is -0.142. The number of halogens is 5. The van der Waals surface area contributed by atoms with Crippen LogP contribution in [0.15, 0.2) is 60.7 Å². The molecule has 3 heterocycles. The highest BCUT2D eigenvalue weighted by molar-refractivity contribution is 6.42. The zero-order valence-corrected chi connectivity index (χ0v) is 19.6. The molecule has 0 saturated carbocycles. The summed E-state index contributed by atoms with van der Waals surface area (Å²) in [4.78, 5) is 21.2. The molecule has 180 valence electrons. The first kappa shape index (κ1) is 23.4. The molecular weight excluding hydrogens is 502 g/mol. The monoisotopic (exact) mass is 519 g/mol. The van der Waals surface area contributed by atoms with Crippen molar-refractivity contribution in [1.82, 2.24) is 19.5 Å². The summed E-state index contributed by atoms with van der Waals surface area (Å²) in [6, 6.07) is 16.4. The van der Waals surface area contributed by atoms with Gasteiger partial charge in [-0.05, 0) is 30.3 Å². The van der Waals surface area contributed by atoms with Crippen LogP contribution in [0.2, 0.25) is 10.0 Å². The molecule has 11 heteroatoms. The summed E-state index contributed by atoms with van der Waals surface area (Å²) < 4.78 is 42.3. The van der Waals surface area contributed by atoms with Crippen molar-refractivity contribution in [3.8, 4) is 11.3 Å². The molecular formula is C24H18Cl2F3N5O. The third-order valence-electron chi connectivity index (χ3n) is 5.84. The summed E-state index contributed by atoms with van der Waals surface area (Å²) in [5.41, 5.74) is 0.226. The second-order valence-corrected chi connectivity index (χ2v) is 8.88. The normalized spacial score (nSPS) is 14.5. The molecule has 2 aromatic heterocycles. The first-order chi connectivity index (χ1) is 16.7. The quantitative estimate of drug-likeness (QED) is 0.349. The highest BCUT2D eigenvalue weighted by Gasteiger charge is 2.36. The minimum Gasteiger partial charge on any atom is -0.368 e. The Bertz CT molecular complexity index is 1400. The van der Waals surface area contributed by atoms with E-state index in [1.807, 2.05) is 30.3 Å². The Balaban J connectivity index is 1.45. The standard InChI is InChI=1S/C24H18Cl2F3N5O/c25-17-7-6-15(12-18(17)26)19-13-21(24(27,28)29)34-22(30-19)14-20(31-34)23(35)33-10-8-32(9-11-33)16-4-2-1-3-5-16/h1-7,12-14H,8-11H2. The number of aromatic nitrogens is 3. The zero-order valence-electron chi connectivity index (χ0n) is 18.1. The van der Waals surface area contributed by atoms with Gasteiger partial charge in [0, 0.05) is 43.5 Å². The van der Waals surface area contributed by atoms with Gasteiger partial charge in [0.15, 0.2) is 17.0 Å². The number of para-hydroxylation sites is 1. The maximum absolute atomic E-state index is 13.9. The van der Waals surface area contributed by atoms with E-state index < -0.39 is 17.8 Å². The van der Waals surface area contributed by atoms with E-state index in [1.165, 1.54) is 24.3 Å². The van der Waals surface area contributed by atoms with Crippen molar-refractivity contribution in [3.63, 3.8) is 0 Å². The summed E-state index contributed by atoms with van der Waals surface area (Å²) in [6.07, 6.45) is -4.72. The van der Waals surface area contributed by atoms with E-state index in [4.69, 9.17) is 23.2 Å². The number of nitrogens with zero attached hydrogens (tertiary/aromatic N) is 5. The average molecular weight is 520 g/mol. The van der Waals surface area contributed by atoms with Gasteiger partial charge >= 0.3 is 6.18 Å². The third-order valence-corrected chi connectivity index (χ3v) is 6.58. The van der Waals surface area contributed by atoms with E-state index in [0.717, 1.165) is 11.8 Å². The van der Waals surface area contributed by atoms with Crippen LogP contribution in [-0.4, -0.2) is 51.6 Å². The highest BCUT2D eigenvalue weighted by Crippen LogP contribution is 2.34. The van der Waals surface area contributed by atoms with E-state index in [-0.39, 0.29) is 27.1 Å².